The average molecular weight is 172 g/mol. The van der Waals surface area contributed by atoms with Gasteiger partial charge in [0.2, 0.25) is 0 Å². The maximum Gasteiger partial charge on any atom is 0.256 e. The van der Waals surface area contributed by atoms with E-state index in [1.807, 2.05) is 0 Å². The van der Waals surface area contributed by atoms with Crippen LogP contribution in [0.4, 0.5) is 0 Å². The van der Waals surface area contributed by atoms with E-state index in [2.05, 4.69) is 4.98 Å². The number of carbonyl (C=O) groups is 1. The topological polar surface area (TPSA) is 76.2 Å². The Balaban J connectivity index is 3.00. The quantitative estimate of drug-likeness (QED) is 0.650. The Hall–Kier alpha value is -0.940. The molecule has 0 aliphatic heterocycles. The molecule has 0 aliphatic carbocycles. The van der Waals surface area contributed by atoms with Crippen molar-refractivity contribution in [3.63, 3.8) is 0 Å². The first kappa shape index (κ1) is 8.16. The van der Waals surface area contributed by atoms with Crippen LogP contribution in [-0.2, 0) is 10.4 Å². The SMILES string of the molecule is CC(O)(C(N)=O)c1nccs1. The smallest absolute Gasteiger partial charge is 0.256 e. The normalized spacial score (nSPS) is 15.8. The monoisotopic (exact) mass is 172 g/mol. The summed E-state index contributed by atoms with van der Waals surface area (Å²) in [5, 5.41) is 11.4. The highest BCUT2D eigenvalue weighted by Gasteiger charge is 2.32. The van der Waals surface area contributed by atoms with Crippen molar-refractivity contribution in [1.29, 1.82) is 0 Å². The minimum Gasteiger partial charge on any atom is -0.374 e. The van der Waals surface area contributed by atoms with Crippen molar-refractivity contribution < 1.29 is 9.90 Å². The van der Waals surface area contributed by atoms with Crippen molar-refractivity contribution in [1.82, 2.24) is 4.98 Å². The maximum absolute atomic E-state index is 10.7. The summed E-state index contributed by atoms with van der Waals surface area (Å²) in [4.78, 5) is 14.4. The maximum atomic E-state index is 10.7. The Morgan fingerprint density at radius 1 is 1.91 bits per heavy atom. The van der Waals surface area contributed by atoms with Crippen LogP contribution in [0.25, 0.3) is 0 Å². The van der Waals surface area contributed by atoms with Gasteiger partial charge in [0.05, 0.1) is 0 Å². The van der Waals surface area contributed by atoms with E-state index in [-0.39, 0.29) is 0 Å². The number of amides is 1. The molecule has 0 fully saturated rings. The first-order valence-electron chi connectivity index (χ1n) is 2.97. The van der Waals surface area contributed by atoms with Gasteiger partial charge in [-0.25, -0.2) is 4.98 Å². The fourth-order valence-corrected chi connectivity index (χ4v) is 1.27. The minimum atomic E-state index is -1.63. The predicted octanol–water partition coefficient (Wildman–Crippen LogP) is -0.164. The minimum absolute atomic E-state index is 0.324. The Labute approximate surface area is 67.7 Å². The third kappa shape index (κ3) is 1.38. The van der Waals surface area contributed by atoms with E-state index >= 15 is 0 Å². The fraction of sp³-hybridized carbons (Fsp3) is 0.333. The standard InChI is InChI=1S/C6H8N2O2S/c1-6(10,4(7)9)5-8-2-3-11-5/h2-3,10H,1H3,(H2,7,9). The molecule has 5 heteroatoms. The predicted molar refractivity (Wildman–Crippen MR) is 40.9 cm³/mol. The van der Waals surface area contributed by atoms with Gasteiger partial charge >= 0.3 is 0 Å². The molecule has 0 aromatic carbocycles. The largest absolute Gasteiger partial charge is 0.374 e. The molecule has 0 bridgehead atoms. The summed E-state index contributed by atoms with van der Waals surface area (Å²) in [5.74, 6) is -0.785. The number of hydrogen-bond donors (Lipinski definition) is 2. The highest BCUT2D eigenvalue weighted by atomic mass is 32.1. The van der Waals surface area contributed by atoms with Gasteiger partial charge in [-0.1, -0.05) is 0 Å². The molecular weight excluding hydrogens is 164 g/mol. The molecule has 60 valence electrons. The molecule has 1 rings (SSSR count). The third-order valence-corrected chi connectivity index (χ3v) is 2.31. The van der Waals surface area contributed by atoms with Crippen molar-refractivity contribution in [2.45, 2.75) is 12.5 Å². The van der Waals surface area contributed by atoms with E-state index in [0.29, 0.717) is 5.01 Å². The van der Waals surface area contributed by atoms with Crippen LogP contribution in [0.5, 0.6) is 0 Å². The average Bonchev–Trinajstić information content (AvgIpc) is 2.37. The van der Waals surface area contributed by atoms with Crippen molar-refractivity contribution in [3.05, 3.63) is 16.6 Å². The highest BCUT2D eigenvalue weighted by molar-refractivity contribution is 7.09. The Bertz CT molecular complexity index is 256. The lowest BCUT2D eigenvalue weighted by Gasteiger charge is -2.14. The summed E-state index contributed by atoms with van der Waals surface area (Å²) in [6.45, 7) is 1.33. The van der Waals surface area contributed by atoms with Crippen molar-refractivity contribution in [3.8, 4) is 0 Å². The summed E-state index contributed by atoms with van der Waals surface area (Å²) in [6, 6.07) is 0. The first-order valence-corrected chi connectivity index (χ1v) is 3.85. The molecule has 0 aliphatic rings. The summed E-state index contributed by atoms with van der Waals surface area (Å²) < 4.78 is 0. The number of hydrogen-bond acceptors (Lipinski definition) is 4. The van der Waals surface area contributed by atoms with E-state index in [1.165, 1.54) is 24.5 Å². The van der Waals surface area contributed by atoms with Gasteiger partial charge < -0.3 is 10.8 Å². The molecule has 0 saturated heterocycles. The van der Waals surface area contributed by atoms with Crippen molar-refractivity contribution in [2.75, 3.05) is 0 Å². The number of nitrogens with zero attached hydrogens (tertiary/aromatic N) is 1. The molecule has 1 heterocycles. The van der Waals surface area contributed by atoms with E-state index in [1.54, 1.807) is 5.38 Å². The van der Waals surface area contributed by atoms with Gasteiger partial charge in [-0.15, -0.1) is 11.3 Å². The molecule has 1 atom stereocenters. The Morgan fingerprint density at radius 3 is 2.91 bits per heavy atom. The molecule has 1 unspecified atom stereocenters. The molecule has 1 aromatic heterocycles. The number of primary amides is 1. The van der Waals surface area contributed by atoms with Crippen LogP contribution >= 0.6 is 11.3 Å². The number of aromatic nitrogens is 1. The van der Waals surface area contributed by atoms with Crippen LogP contribution in [0.2, 0.25) is 0 Å². The van der Waals surface area contributed by atoms with Crippen LogP contribution in [-0.4, -0.2) is 16.0 Å². The Kier molecular flexibility index (Phi) is 1.92. The second-order valence-electron chi connectivity index (χ2n) is 2.27. The number of aliphatic hydroxyl groups is 1. The highest BCUT2D eigenvalue weighted by Crippen LogP contribution is 2.21. The summed E-state index contributed by atoms with van der Waals surface area (Å²) in [7, 11) is 0. The zero-order valence-electron chi connectivity index (χ0n) is 5.94. The van der Waals surface area contributed by atoms with E-state index in [0.717, 1.165) is 0 Å². The van der Waals surface area contributed by atoms with Crippen LogP contribution in [0, 0.1) is 0 Å². The van der Waals surface area contributed by atoms with Crippen LogP contribution in [0.3, 0.4) is 0 Å². The van der Waals surface area contributed by atoms with Gasteiger partial charge in [0, 0.05) is 11.6 Å². The van der Waals surface area contributed by atoms with Crippen LogP contribution in [0.15, 0.2) is 11.6 Å². The second-order valence-corrected chi connectivity index (χ2v) is 3.17. The van der Waals surface area contributed by atoms with Gasteiger partial charge in [0.15, 0.2) is 5.60 Å². The molecule has 1 amide bonds. The lowest BCUT2D eigenvalue weighted by atomic mass is 10.1. The Morgan fingerprint density at radius 2 is 2.55 bits per heavy atom. The van der Waals surface area contributed by atoms with Gasteiger partial charge in [-0.05, 0) is 6.92 Å². The fourth-order valence-electron chi connectivity index (χ4n) is 0.569. The first-order chi connectivity index (χ1) is 5.05. The number of thiazole rings is 1. The number of rotatable bonds is 2. The van der Waals surface area contributed by atoms with Gasteiger partial charge in [-0.3, -0.25) is 4.79 Å². The molecule has 1 aromatic rings. The summed E-state index contributed by atoms with van der Waals surface area (Å²) >= 11 is 1.20. The lowest BCUT2D eigenvalue weighted by molar-refractivity contribution is -0.135. The van der Waals surface area contributed by atoms with Crippen LogP contribution < -0.4 is 5.73 Å². The van der Waals surface area contributed by atoms with Crippen LogP contribution in [0.1, 0.15) is 11.9 Å². The van der Waals surface area contributed by atoms with E-state index < -0.39 is 11.5 Å². The lowest BCUT2D eigenvalue weighted by Crippen LogP contribution is -2.37. The molecule has 0 saturated carbocycles. The summed E-state index contributed by atoms with van der Waals surface area (Å²) in [6.07, 6.45) is 1.51. The van der Waals surface area contributed by atoms with E-state index in [4.69, 9.17) is 5.73 Å². The molecule has 0 radical (unpaired) electrons. The zero-order valence-corrected chi connectivity index (χ0v) is 6.76. The van der Waals surface area contributed by atoms with Crippen molar-refractivity contribution in [2.24, 2.45) is 5.73 Å². The van der Waals surface area contributed by atoms with Crippen molar-refractivity contribution >= 4 is 17.2 Å². The molecule has 4 nitrogen and oxygen atoms in total. The van der Waals surface area contributed by atoms with Gasteiger partial charge in [-0.2, -0.15) is 0 Å². The third-order valence-electron chi connectivity index (χ3n) is 1.33. The zero-order chi connectivity index (χ0) is 8.48. The van der Waals surface area contributed by atoms with Gasteiger partial charge in [0.25, 0.3) is 5.91 Å². The molecule has 3 N–H and O–H groups in total. The molecule has 0 spiro atoms. The number of nitrogens with two attached hydrogens (primary N) is 1. The molecule has 11 heavy (non-hydrogen) atoms. The van der Waals surface area contributed by atoms with Gasteiger partial charge in [0.1, 0.15) is 5.01 Å². The summed E-state index contributed by atoms with van der Waals surface area (Å²) in [5.41, 5.74) is 3.31. The number of carbonyl (C=O) groups excluding carboxylic acids is 1. The van der Waals surface area contributed by atoms with E-state index in [9.17, 15) is 9.90 Å². The second kappa shape index (κ2) is 2.60. The molecular formula is C6H8N2O2S.